The van der Waals surface area contributed by atoms with Crippen LogP contribution in [-0.4, -0.2) is 41.3 Å². The number of halogens is 1. The van der Waals surface area contributed by atoms with Crippen LogP contribution in [0.2, 0.25) is 5.02 Å². The predicted octanol–water partition coefficient (Wildman–Crippen LogP) is 4.11. The summed E-state index contributed by atoms with van der Waals surface area (Å²) in [5.41, 5.74) is 2.45. The van der Waals surface area contributed by atoms with Crippen LogP contribution >= 0.6 is 11.6 Å². The Bertz CT molecular complexity index is 962. The minimum Gasteiger partial charge on any atom is -0.494 e. The molecule has 0 unspecified atom stereocenters. The van der Waals surface area contributed by atoms with Crippen molar-refractivity contribution in [2.24, 2.45) is 0 Å². The van der Waals surface area contributed by atoms with Crippen molar-refractivity contribution in [3.05, 3.63) is 70.4 Å². The molecule has 5 nitrogen and oxygen atoms in total. The summed E-state index contributed by atoms with van der Waals surface area (Å²) < 4.78 is 5.51. The molecule has 150 valence electrons. The number of ether oxygens (including phenoxy) is 1. The smallest absolute Gasteiger partial charge is 0.278 e. The van der Waals surface area contributed by atoms with E-state index in [4.69, 9.17) is 16.3 Å². The average Bonchev–Trinajstić information content (AvgIpc) is 3.33. The van der Waals surface area contributed by atoms with E-state index in [0.29, 0.717) is 22.9 Å². The third-order valence-electron chi connectivity index (χ3n) is 5.31. The van der Waals surface area contributed by atoms with Gasteiger partial charge < -0.3 is 9.64 Å². The molecule has 0 radical (unpaired) electrons. The molecule has 0 bridgehead atoms. The molecule has 1 saturated heterocycles. The third-order valence-corrected chi connectivity index (χ3v) is 5.67. The molecule has 1 fully saturated rings. The van der Waals surface area contributed by atoms with E-state index in [1.54, 1.807) is 6.07 Å². The van der Waals surface area contributed by atoms with E-state index in [9.17, 15) is 9.59 Å². The first-order valence-electron chi connectivity index (χ1n) is 9.92. The maximum Gasteiger partial charge on any atom is 0.278 e. The van der Waals surface area contributed by atoms with Gasteiger partial charge >= 0.3 is 0 Å². The zero-order chi connectivity index (χ0) is 20.4. The molecule has 2 aromatic rings. The molecule has 2 amide bonds. The van der Waals surface area contributed by atoms with E-state index in [2.05, 4.69) is 0 Å². The molecule has 29 heavy (non-hydrogen) atoms. The van der Waals surface area contributed by atoms with Gasteiger partial charge in [-0.15, -0.1) is 0 Å². The normalized spacial score (nSPS) is 16.9. The number of carbonyl (C=O) groups excluding carboxylic acids is 2. The Kier molecular flexibility index (Phi) is 5.58. The highest BCUT2D eigenvalue weighted by Gasteiger charge is 2.42. The summed E-state index contributed by atoms with van der Waals surface area (Å²) in [5, 5.41) is 0.547. The number of imide groups is 1. The Morgan fingerprint density at radius 2 is 1.66 bits per heavy atom. The largest absolute Gasteiger partial charge is 0.494 e. The lowest BCUT2D eigenvalue weighted by Gasteiger charge is -2.20. The van der Waals surface area contributed by atoms with Gasteiger partial charge in [-0.25, -0.2) is 0 Å². The zero-order valence-corrected chi connectivity index (χ0v) is 17.1. The Balaban J connectivity index is 1.71. The van der Waals surface area contributed by atoms with Crippen LogP contribution in [0.25, 0.3) is 5.57 Å². The topological polar surface area (TPSA) is 49.9 Å². The van der Waals surface area contributed by atoms with Crippen molar-refractivity contribution in [2.45, 2.75) is 26.3 Å². The van der Waals surface area contributed by atoms with Crippen LogP contribution in [0.4, 0.5) is 0 Å². The highest BCUT2D eigenvalue weighted by molar-refractivity contribution is 6.35. The highest BCUT2D eigenvalue weighted by Crippen LogP contribution is 2.35. The summed E-state index contributed by atoms with van der Waals surface area (Å²) in [4.78, 5) is 30.0. The number of carbonyl (C=O) groups is 2. The van der Waals surface area contributed by atoms with Crippen molar-refractivity contribution in [1.82, 2.24) is 9.80 Å². The van der Waals surface area contributed by atoms with Gasteiger partial charge in [0.25, 0.3) is 11.8 Å². The maximum absolute atomic E-state index is 13.4. The lowest BCUT2D eigenvalue weighted by Crippen LogP contribution is -2.34. The van der Waals surface area contributed by atoms with Crippen molar-refractivity contribution in [1.29, 1.82) is 0 Å². The Hall–Kier alpha value is -2.79. The van der Waals surface area contributed by atoms with Crippen LogP contribution in [-0.2, 0) is 16.1 Å². The van der Waals surface area contributed by atoms with Crippen LogP contribution in [0.5, 0.6) is 5.75 Å². The Morgan fingerprint density at radius 3 is 2.31 bits per heavy atom. The molecular formula is C23H23ClN2O3. The van der Waals surface area contributed by atoms with Crippen molar-refractivity contribution in [2.75, 3.05) is 19.7 Å². The fourth-order valence-corrected chi connectivity index (χ4v) is 4.08. The molecule has 0 spiro atoms. The number of hydrogen-bond donors (Lipinski definition) is 0. The molecule has 2 aliphatic rings. The van der Waals surface area contributed by atoms with E-state index in [-0.39, 0.29) is 18.4 Å². The fourth-order valence-electron chi connectivity index (χ4n) is 3.88. The molecule has 2 aliphatic heterocycles. The summed E-state index contributed by atoms with van der Waals surface area (Å²) in [6.45, 7) is 4.23. The third kappa shape index (κ3) is 3.75. The quantitative estimate of drug-likeness (QED) is 0.672. The lowest BCUT2D eigenvalue weighted by molar-refractivity contribution is -0.138. The van der Waals surface area contributed by atoms with E-state index in [1.807, 2.05) is 54.3 Å². The van der Waals surface area contributed by atoms with E-state index < -0.39 is 0 Å². The van der Waals surface area contributed by atoms with Gasteiger partial charge in [0.2, 0.25) is 0 Å². The van der Waals surface area contributed by atoms with E-state index in [1.165, 1.54) is 4.90 Å². The summed E-state index contributed by atoms with van der Waals surface area (Å²) in [6, 6.07) is 14.7. The minimum absolute atomic E-state index is 0.162. The number of amides is 2. The molecule has 0 saturated carbocycles. The van der Waals surface area contributed by atoms with Gasteiger partial charge in [0, 0.05) is 18.1 Å². The average molecular weight is 411 g/mol. The van der Waals surface area contributed by atoms with Crippen molar-refractivity contribution >= 4 is 29.0 Å². The summed E-state index contributed by atoms with van der Waals surface area (Å²) in [6.07, 6.45) is 2.04. The van der Waals surface area contributed by atoms with Gasteiger partial charge in [-0.2, -0.15) is 0 Å². The first-order valence-corrected chi connectivity index (χ1v) is 10.3. The van der Waals surface area contributed by atoms with Crippen molar-refractivity contribution < 1.29 is 14.3 Å². The molecule has 2 aromatic carbocycles. The summed E-state index contributed by atoms with van der Waals surface area (Å²) in [7, 11) is 0. The fraction of sp³-hybridized carbons (Fsp3) is 0.304. The molecule has 0 aliphatic carbocycles. The molecule has 0 N–H and O–H groups in total. The van der Waals surface area contributed by atoms with Gasteiger partial charge in [-0.1, -0.05) is 41.9 Å². The number of rotatable bonds is 6. The molecule has 4 rings (SSSR count). The summed E-state index contributed by atoms with van der Waals surface area (Å²) in [5.74, 6) is 0.214. The van der Waals surface area contributed by atoms with Crippen LogP contribution in [0.1, 0.15) is 30.9 Å². The van der Waals surface area contributed by atoms with Gasteiger partial charge in [-0.05, 0) is 49.1 Å². The monoisotopic (exact) mass is 410 g/mol. The first kappa shape index (κ1) is 19.5. The Labute approximate surface area is 175 Å². The predicted molar refractivity (Wildman–Crippen MR) is 112 cm³/mol. The second-order valence-electron chi connectivity index (χ2n) is 7.16. The second kappa shape index (κ2) is 8.29. The second-order valence-corrected chi connectivity index (χ2v) is 7.57. The van der Waals surface area contributed by atoms with E-state index >= 15 is 0 Å². The van der Waals surface area contributed by atoms with Gasteiger partial charge in [-0.3, -0.25) is 14.5 Å². The number of benzene rings is 2. The van der Waals surface area contributed by atoms with Crippen molar-refractivity contribution in [3.8, 4) is 5.75 Å². The Morgan fingerprint density at radius 1 is 0.966 bits per heavy atom. The SMILES string of the molecule is CCOc1ccc(C2=C(N3CCCC3)C(=O)N(Cc3ccccc3Cl)C2=O)cc1. The van der Waals surface area contributed by atoms with Crippen LogP contribution in [0.3, 0.4) is 0 Å². The number of likely N-dealkylation sites (tertiary alicyclic amines) is 1. The highest BCUT2D eigenvalue weighted by atomic mass is 35.5. The van der Waals surface area contributed by atoms with Gasteiger partial charge in [0.05, 0.1) is 18.7 Å². The summed E-state index contributed by atoms with van der Waals surface area (Å²) >= 11 is 6.27. The van der Waals surface area contributed by atoms with E-state index in [0.717, 1.165) is 42.8 Å². The molecule has 0 atom stereocenters. The zero-order valence-electron chi connectivity index (χ0n) is 16.4. The number of nitrogens with zero attached hydrogens (tertiary/aromatic N) is 2. The van der Waals surface area contributed by atoms with Crippen molar-refractivity contribution in [3.63, 3.8) is 0 Å². The maximum atomic E-state index is 13.4. The molecule has 2 heterocycles. The lowest BCUT2D eigenvalue weighted by atomic mass is 10.0. The standard InChI is InChI=1S/C23H23ClN2O3/c1-2-29-18-11-9-16(10-12-18)20-21(25-13-5-6-14-25)23(28)26(22(20)27)15-17-7-3-4-8-19(17)24/h3-4,7-12H,2,5-6,13-15H2,1H3. The van der Waals surface area contributed by atoms with Gasteiger partial charge in [0.1, 0.15) is 11.4 Å². The minimum atomic E-state index is -0.277. The molecule has 0 aromatic heterocycles. The van der Waals surface area contributed by atoms with Crippen LogP contribution in [0.15, 0.2) is 54.2 Å². The first-order chi connectivity index (χ1) is 14.1. The van der Waals surface area contributed by atoms with Crippen LogP contribution < -0.4 is 4.74 Å². The van der Waals surface area contributed by atoms with Crippen LogP contribution in [0, 0.1) is 0 Å². The number of hydrogen-bond acceptors (Lipinski definition) is 4. The van der Waals surface area contributed by atoms with Gasteiger partial charge in [0.15, 0.2) is 0 Å². The molecule has 6 heteroatoms. The molecular weight excluding hydrogens is 388 g/mol.